The molecule has 3 saturated heterocycles. The van der Waals surface area contributed by atoms with Gasteiger partial charge in [0.1, 0.15) is 6.04 Å². The summed E-state index contributed by atoms with van der Waals surface area (Å²) in [7, 11) is 0. The van der Waals surface area contributed by atoms with Crippen LogP contribution < -0.4 is 15.1 Å². The number of carbonyl (C=O) groups excluding carboxylic acids is 4. The van der Waals surface area contributed by atoms with E-state index in [1.807, 2.05) is 6.07 Å². The molecule has 4 aliphatic heterocycles. The molecule has 0 bridgehead atoms. The summed E-state index contributed by atoms with van der Waals surface area (Å²) >= 11 is 0. The number of hydrogen-bond donors (Lipinski definition) is 1. The van der Waals surface area contributed by atoms with E-state index in [-0.39, 0.29) is 18.7 Å². The topological polar surface area (TPSA) is 93.3 Å². The van der Waals surface area contributed by atoms with Crippen molar-refractivity contribution in [2.45, 2.75) is 31.7 Å². The number of para-hydroxylation sites is 1. The van der Waals surface area contributed by atoms with Crippen LogP contribution in [0.2, 0.25) is 0 Å². The highest BCUT2D eigenvalue weighted by Gasteiger charge is 2.44. The number of benzene rings is 2. The van der Waals surface area contributed by atoms with E-state index >= 15 is 0 Å². The van der Waals surface area contributed by atoms with Crippen molar-refractivity contribution >= 4 is 35.0 Å². The largest absolute Gasteiger partial charge is 0.371 e. The van der Waals surface area contributed by atoms with Gasteiger partial charge in [-0.05, 0) is 55.5 Å². The van der Waals surface area contributed by atoms with E-state index in [0.29, 0.717) is 17.0 Å². The van der Waals surface area contributed by atoms with Gasteiger partial charge in [-0.15, -0.1) is 0 Å². The van der Waals surface area contributed by atoms with Crippen molar-refractivity contribution in [2.24, 2.45) is 5.92 Å². The standard InChI is InChI=1S/C29H33N5O4/c35-26-9-8-25(27(36)30-26)34-28(37)23-7-6-22(18-24(23)29(34)38)32-12-10-20(11-13-32)19-31-14-16-33(17-15-31)21-4-2-1-3-5-21/h1-7,18,20,25H,8-17,19H2,(H,30,35,36). The Morgan fingerprint density at radius 1 is 0.711 bits per heavy atom. The third-order valence-electron chi connectivity index (χ3n) is 8.41. The Labute approximate surface area is 222 Å². The number of rotatable bonds is 5. The summed E-state index contributed by atoms with van der Waals surface area (Å²) in [5, 5.41) is 2.24. The molecule has 0 aromatic heterocycles. The van der Waals surface area contributed by atoms with E-state index < -0.39 is 23.8 Å². The van der Waals surface area contributed by atoms with Gasteiger partial charge in [0.05, 0.1) is 11.1 Å². The molecule has 1 N–H and O–H groups in total. The SMILES string of the molecule is O=C1CCC(N2C(=O)c3ccc(N4CCC(CN5CCN(c6ccccc6)CC5)CC4)cc3C2=O)C(=O)N1. The van der Waals surface area contributed by atoms with Crippen molar-refractivity contribution < 1.29 is 19.2 Å². The molecule has 9 nitrogen and oxygen atoms in total. The lowest BCUT2D eigenvalue weighted by molar-refractivity contribution is -0.136. The second-order valence-corrected chi connectivity index (χ2v) is 10.7. The fourth-order valence-electron chi connectivity index (χ4n) is 6.22. The molecule has 3 fully saturated rings. The quantitative estimate of drug-likeness (QED) is 0.610. The molecule has 0 spiro atoms. The monoisotopic (exact) mass is 515 g/mol. The molecule has 0 saturated carbocycles. The van der Waals surface area contributed by atoms with E-state index in [1.165, 1.54) is 5.69 Å². The first kappa shape index (κ1) is 24.6. The van der Waals surface area contributed by atoms with Crippen LogP contribution in [0.4, 0.5) is 11.4 Å². The predicted octanol–water partition coefficient (Wildman–Crippen LogP) is 2.13. The molecular formula is C29H33N5O4. The van der Waals surface area contributed by atoms with Crippen molar-refractivity contribution in [3.05, 3.63) is 59.7 Å². The maximum atomic E-state index is 13.2. The molecule has 2 aromatic carbocycles. The number of piperazine rings is 1. The Bertz CT molecular complexity index is 1250. The fourth-order valence-corrected chi connectivity index (χ4v) is 6.22. The number of nitrogens with zero attached hydrogens (tertiary/aromatic N) is 4. The molecule has 0 aliphatic carbocycles. The fraction of sp³-hybridized carbons (Fsp3) is 0.448. The van der Waals surface area contributed by atoms with Gasteiger partial charge in [-0.3, -0.25) is 34.3 Å². The zero-order chi connectivity index (χ0) is 26.2. The molecule has 6 rings (SSSR count). The predicted molar refractivity (Wildman–Crippen MR) is 143 cm³/mol. The average Bonchev–Trinajstić information content (AvgIpc) is 3.19. The van der Waals surface area contributed by atoms with Crippen LogP contribution in [-0.4, -0.2) is 85.3 Å². The number of nitrogens with one attached hydrogen (secondary N) is 1. The van der Waals surface area contributed by atoms with Gasteiger partial charge in [0.25, 0.3) is 11.8 Å². The van der Waals surface area contributed by atoms with Crippen LogP contribution in [-0.2, 0) is 9.59 Å². The number of anilines is 2. The minimum Gasteiger partial charge on any atom is -0.371 e. The lowest BCUT2D eigenvalue weighted by Crippen LogP contribution is -2.54. The normalized spacial score (nSPS) is 23.2. The van der Waals surface area contributed by atoms with E-state index in [0.717, 1.165) is 69.2 Å². The van der Waals surface area contributed by atoms with Gasteiger partial charge in [-0.2, -0.15) is 0 Å². The van der Waals surface area contributed by atoms with Gasteiger partial charge in [-0.25, -0.2) is 0 Å². The van der Waals surface area contributed by atoms with Crippen molar-refractivity contribution in [3.8, 4) is 0 Å². The second-order valence-electron chi connectivity index (χ2n) is 10.7. The van der Waals surface area contributed by atoms with Crippen LogP contribution in [0.3, 0.4) is 0 Å². The maximum Gasteiger partial charge on any atom is 0.262 e. The van der Waals surface area contributed by atoms with Crippen molar-refractivity contribution in [1.82, 2.24) is 15.1 Å². The van der Waals surface area contributed by atoms with Crippen LogP contribution in [0.15, 0.2) is 48.5 Å². The van der Waals surface area contributed by atoms with Gasteiger partial charge < -0.3 is 9.80 Å². The summed E-state index contributed by atoms with van der Waals surface area (Å²) in [4.78, 5) is 58.3. The lowest BCUT2D eigenvalue weighted by atomic mass is 9.95. The summed E-state index contributed by atoms with van der Waals surface area (Å²) in [5.74, 6) is -1.22. The summed E-state index contributed by atoms with van der Waals surface area (Å²) in [6.45, 7) is 7.22. The molecule has 9 heteroatoms. The number of hydrogen-bond acceptors (Lipinski definition) is 7. The molecule has 1 unspecified atom stereocenters. The highest BCUT2D eigenvalue weighted by Crippen LogP contribution is 2.32. The summed E-state index contributed by atoms with van der Waals surface area (Å²) in [6.07, 6.45) is 2.46. The van der Waals surface area contributed by atoms with E-state index in [1.54, 1.807) is 12.1 Å². The number of amides is 4. The van der Waals surface area contributed by atoms with Gasteiger partial charge in [0.2, 0.25) is 11.8 Å². The highest BCUT2D eigenvalue weighted by molar-refractivity contribution is 6.23. The minimum atomic E-state index is -0.936. The van der Waals surface area contributed by atoms with Crippen LogP contribution in [0.25, 0.3) is 0 Å². The average molecular weight is 516 g/mol. The molecule has 4 aliphatic rings. The first-order valence-electron chi connectivity index (χ1n) is 13.6. The summed E-state index contributed by atoms with van der Waals surface area (Å²) in [5.41, 5.74) is 2.91. The number of piperidine rings is 2. The molecule has 198 valence electrons. The minimum absolute atomic E-state index is 0.118. The zero-order valence-corrected chi connectivity index (χ0v) is 21.5. The van der Waals surface area contributed by atoms with Gasteiger partial charge in [-0.1, -0.05) is 18.2 Å². The number of carbonyl (C=O) groups is 4. The third-order valence-corrected chi connectivity index (χ3v) is 8.41. The Hall–Kier alpha value is -3.72. The molecule has 1 atom stereocenters. The van der Waals surface area contributed by atoms with E-state index in [4.69, 9.17) is 0 Å². The first-order valence-corrected chi connectivity index (χ1v) is 13.6. The smallest absolute Gasteiger partial charge is 0.262 e. The van der Waals surface area contributed by atoms with Gasteiger partial charge in [0, 0.05) is 63.6 Å². The summed E-state index contributed by atoms with van der Waals surface area (Å²) in [6, 6.07) is 15.1. The Kier molecular flexibility index (Phi) is 6.61. The lowest BCUT2D eigenvalue weighted by Gasteiger charge is -2.40. The van der Waals surface area contributed by atoms with Crippen molar-refractivity contribution in [1.29, 1.82) is 0 Å². The van der Waals surface area contributed by atoms with E-state index in [2.05, 4.69) is 50.3 Å². The molecule has 0 radical (unpaired) electrons. The third kappa shape index (κ3) is 4.67. The molecule has 4 heterocycles. The Morgan fingerprint density at radius 3 is 2.11 bits per heavy atom. The van der Waals surface area contributed by atoms with Gasteiger partial charge >= 0.3 is 0 Å². The highest BCUT2D eigenvalue weighted by atomic mass is 16.2. The molecule has 38 heavy (non-hydrogen) atoms. The zero-order valence-electron chi connectivity index (χ0n) is 21.5. The van der Waals surface area contributed by atoms with Crippen LogP contribution in [0, 0.1) is 5.92 Å². The van der Waals surface area contributed by atoms with Gasteiger partial charge in [0.15, 0.2) is 0 Å². The molecule has 4 amide bonds. The van der Waals surface area contributed by atoms with Crippen LogP contribution >= 0.6 is 0 Å². The second kappa shape index (κ2) is 10.2. The number of fused-ring (bicyclic) bond motifs is 1. The first-order chi connectivity index (χ1) is 18.5. The van der Waals surface area contributed by atoms with Crippen molar-refractivity contribution in [3.63, 3.8) is 0 Å². The molecular weight excluding hydrogens is 482 g/mol. The van der Waals surface area contributed by atoms with Crippen LogP contribution in [0.1, 0.15) is 46.4 Å². The Balaban J connectivity index is 1.04. The van der Waals surface area contributed by atoms with Crippen LogP contribution in [0.5, 0.6) is 0 Å². The summed E-state index contributed by atoms with van der Waals surface area (Å²) < 4.78 is 0. The van der Waals surface area contributed by atoms with Crippen molar-refractivity contribution in [2.75, 3.05) is 55.6 Å². The maximum absolute atomic E-state index is 13.2. The molecule has 2 aromatic rings. The number of imide groups is 2. The van der Waals surface area contributed by atoms with E-state index in [9.17, 15) is 19.2 Å². The Morgan fingerprint density at radius 2 is 1.39 bits per heavy atom.